The summed E-state index contributed by atoms with van der Waals surface area (Å²) >= 11 is 2.17. The minimum Gasteiger partial charge on any atom is -0.496 e. The highest BCUT2D eigenvalue weighted by molar-refractivity contribution is 14.1. The monoisotopic (exact) mass is 264 g/mol. The van der Waals surface area contributed by atoms with Crippen LogP contribution in [0, 0.1) is 3.57 Å². The van der Waals surface area contributed by atoms with Crippen molar-refractivity contribution in [2.75, 3.05) is 12.5 Å². The van der Waals surface area contributed by atoms with Gasteiger partial charge in [-0.1, -0.05) is 6.07 Å². The van der Waals surface area contributed by atoms with Gasteiger partial charge in [-0.05, 0) is 34.7 Å². The molecule has 0 aliphatic heterocycles. The van der Waals surface area contributed by atoms with Crippen LogP contribution in [0.15, 0.2) is 18.2 Å². The maximum absolute atomic E-state index is 5.26. The lowest BCUT2D eigenvalue weighted by atomic mass is 10.3. The lowest BCUT2D eigenvalue weighted by molar-refractivity contribution is 0.412. The van der Waals surface area contributed by atoms with Crippen molar-refractivity contribution in [1.82, 2.24) is 0 Å². The molecule has 1 aromatic carbocycles. The lowest BCUT2D eigenvalue weighted by Crippen LogP contribution is -2.08. The summed E-state index contributed by atoms with van der Waals surface area (Å²) in [6.45, 7) is 0. The van der Waals surface area contributed by atoms with Crippen LogP contribution in [0.3, 0.4) is 0 Å². The number of hydrazine groups is 1. The minimum absolute atomic E-state index is 0.834. The van der Waals surface area contributed by atoms with Crippen molar-refractivity contribution in [1.29, 1.82) is 0 Å². The van der Waals surface area contributed by atoms with Crippen LogP contribution in [0.1, 0.15) is 0 Å². The fourth-order valence-electron chi connectivity index (χ4n) is 0.780. The fraction of sp³-hybridized carbons (Fsp3) is 0.143. The third-order valence-corrected chi connectivity index (χ3v) is 2.45. The van der Waals surface area contributed by atoms with E-state index in [9.17, 15) is 0 Å². The molecule has 0 fully saturated rings. The zero-order chi connectivity index (χ0) is 8.27. The standard InChI is InChI=1S/C7H9IN2O/c1-11-6-4-2-3-5(10-9)7(6)8/h2-4,10H,9H2,1H3. The molecular formula is C7H9IN2O. The van der Waals surface area contributed by atoms with Gasteiger partial charge in [0.05, 0.1) is 16.4 Å². The highest BCUT2D eigenvalue weighted by Gasteiger charge is 2.02. The summed E-state index contributed by atoms with van der Waals surface area (Å²) in [5.74, 6) is 6.10. The zero-order valence-corrected chi connectivity index (χ0v) is 8.25. The Balaban J connectivity index is 3.10. The lowest BCUT2D eigenvalue weighted by Gasteiger charge is -2.06. The van der Waals surface area contributed by atoms with Crippen LogP contribution >= 0.6 is 22.6 Å². The molecule has 0 aliphatic carbocycles. The minimum atomic E-state index is 0.834. The first-order chi connectivity index (χ1) is 5.29. The third kappa shape index (κ3) is 1.75. The number of methoxy groups -OCH3 is 1. The fourth-order valence-corrected chi connectivity index (χ4v) is 1.52. The number of benzene rings is 1. The van der Waals surface area contributed by atoms with E-state index in [2.05, 4.69) is 28.0 Å². The molecule has 0 heterocycles. The molecule has 0 spiro atoms. The second kappa shape index (κ2) is 3.77. The molecular weight excluding hydrogens is 255 g/mol. The van der Waals surface area contributed by atoms with Gasteiger partial charge in [-0.25, -0.2) is 0 Å². The van der Waals surface area contributed by atoms with Crippen molar-refractivity contribution in [3.63, 3.8) is 0 Å². The van der Waals surface area contributed by atoms with E-state index in [0.717, 1.165) is 15.0 Å². The Morgan fingerprint density at radius 3 is 2.82 bits per heavy atom. The highest BCUT2D eigenvalue weighted by atomic mass is 127. The number of hydrogen-bond acceptors (Lipinski definition) is 3. The van der Waals surface area contributed by atoms with Crippen LogP contribution in [0.2, 0.25) is 0 Å². The van der Waals surface area contributed by atoms with E-state index >= 15 is 0 Å². The van der Waals surface area contributed by atoms with Gasteiger partial charge in [-0.15, -0.1) is 0 Å². The van der Waals surface area contributed by atoms with Crippen LogP contribution in [0.5, 0.6) is 5.75 Å². The van der Waals surface area contributed by atoms with Gasteiger partial charge in [0, 0.05) is 0 Å². The summed E-state index contributed by atoms with van der Waals surface area (Å²) < 4.78 is 6.08. The van der Waals surface area contributed by atoms with Gasteiger partial charge in [0.1, 0.15) is 5.75 Å². The third-order valence-electron chi connectivity index (χ3n) is 1.34. The summed E-state index contributed by atoms with van der Waals surface area (Å²) in [7, 11) is 1.64. The first-order valence-corrected chi connectivity index (χ1v) is 4.16. The molecule has 0 saturated carbocycles. The van der Waals surface area contributed by atoms with Crippen LogP contribution in [0.25, 0.3) is 0 Å². The van der Waals surface area contributed by atoms with Gasteiger partial charge >= 0.3 is 0 Å². The van der Waals surface area contributed by atoms with Gasteiger partial charge in [-0.2, -0.15) is 0 Å². The van der Waals surface area contributed by atoms with Gasteiger partial charge < -0.3 is 10.2 Å². The Morgan fingerprint density at radius 2 is 2.27 bits per heavy atom. The first-order valence-electron chi connectivity index (χ1n) is 3.08. The molecule has 1 aromatic rings. The van der Waals surface area contributed by atoms with E-state index < -0.39 is 0 Å². The molecule has 4 heteroatoms. The largest absolute Gasteiger partial charge is 0.496 e. The van der Waals surface area contributed by atoms with E-state index in [1.165, 1.54) is 0 Å². The van der Waals surface area contributed by atoms with Crippen molar-refractivity contribution in [2.24, 2.45) is 5.84 Å². The molecule has 0 saturated heterocycles. The zero-order valence-electron chi connectivity index (χ0n) is 6.10. The molecule has 11 heavy (non-hydrogen) atoms. The van der Waals surface area contributed by atoms with Crippen LogP contribution < -0.4 is 16.0 Å². The van der Waals surface area contributed by atoms with E-state index in [1.54, 1.807) is 7.11 Å². The molecule has 0 amide bonds. The Kier molecular flexibility index (Phi) is 2.95. The molecule has 0 unspecified atom stereocenters. The molecule has 0 radical (unpaired) electrons. The molecule has 0 atom stereocenters. The number of nitrogens with one attached hydrogen (secondary N) is 1. The highest BCUT2D eigenvalue weighted by Crippen LogP contribution is 2.26. The van der Waals surface area contributed by atoms with Crippen LogP contribution in [-0.4, -0.2) is 7.11 Å². The number of ether oxygens (including phenoxy) is 1. The molecule has 0 aromatic heterocycles. The second-order valence-electron chi connectivity index (χ2n) is 1.97. The van der Waals surface area contributed by atoms with E-state index in [4.69, 9.17) is 10.6 Å². The smallest absolute Gasteiger partial charge is 0.134 e. The van der Waals surface area contributed by atoms with Crippen molar-refractivity contribution in [3.8, 4) is 5.75 Å². The van der Waals surface area contributed by atoms with Gasteiger partial charge in [0.15, 0.2) is 0 Å². The van der Waals surface area contributed by atoms with Crippen molar-refractivity contribution in [2.45, 2.75) is 0 Å². The average molecular weight is 264 g/mol. The Hall–Kier alpha value is -0.490. The predicted molar refractivity (Wildman–Crippen MR) is 53.5 cm³/mol. The number of halogens is 1. The summed E-state index contributed by atoms with van der Waals surface area (Å²) in [6, 6.07) is 5.67. The molecule has 3 N–H and O–H groups in total. The maximum Gasteiger partial charge on any atom is 0.134 e. The maximum atomic E-state index is 5.26. The SMILES string of the molecule is COc1cccc(NN)c1I. The number of hydrogen-bond donors (Lipinski definition) is 2. The molecule has 0 aliphatic rings. The Morgan fingerprint density at radius 1 is 1.55 bits per heavy atom. The van der Waals surface area contributed by atoms with Crippen molar-refractivity contribution >= 4 is 28.3 Å². The number of nitrogen functional groups attached to an aromatic ring is 1. The number of nitrogens with two attached hydrogens (primary N) is 1. The average Bonchev–Trinajstić information content (AvgIpc) is 2.05. The molecule has 1 rings (SSSR count). The van der Waals surface area contributed by atoms with Gasteiger partial charge in [0.2, 0.25) is 0 Å². The Labute approximate surface area is 79.0 Å². The van der Waals surface area contributed by atoms with Gasteiger partial charge in [-0.3, -0.25) is 5.84 Å². The summed E-state index contributed by atoms with van der Waals surface area (Å²) in [4.78, 5) is 0. The van der Waals surface area contributed by atoms with Crippen molar-refractivity contribution in [3.05, 3.63) is 21.8 Å². The topological polar surface area (TPSA) is 47.3 Å². The second-order valence-corrected chi connectivity index (χ2v) is 3.04. The van der Waals surface area contributed by atoms with Crippen molar-refractivity contribution < 1.29 is 4.74 Å². The summed E-state index contributed by atoms with van der Waals surface area (Å²) in [5.41, 5.74) is 3.46. The van der Waals surface area contributed by atoms with Gasteiger partial charge in [0.25, 0.3) is 0 Å². The first kappa shape index (κ1) is 8.61. The number of anilines is 1. The van der Waals surface area contributed by atoms with E-state index in [0.29, 0.717) is 0 Å². The quantitative estimate of drug-likeness (QED) is 0.484. The number of rotatable bonds is 2. The van der Waals surface area contributed by atoms with Crippen LogP contribution in [-0.2, 0) is 0 Å². The molecule has 3 nitrogen and oxygen atoms in total. The molecule has 60 valence electrons. The van der Waals surface area contributed by atoms with E-state index in [-0.39, 0.29) is 0 Å². The normalized spacial score (nSPS) is 9.36. The van der Waals surface area contributed by atoms with Crippen LogP contribution in [0.4, 0.5) is 5.69 Å². The predicted octanol–water partition coefficient (Wildman–Crippen LogP) is 1.59. The molecule has 0 bridgehead atoms. The Bertz CT molecular complexity index is 230. The van der Waals surface area contributed by atoms with E-state index in [1.807, 2.05) is 18.2 Å². The summed E-state index contributed by atoms with van der Waals surface area (Å²) in [5, 5.41) is 0. The summed E-state index contributed by atoms with van der Waals surface area (Å²) in [6.07, 6.45) is 0.